The van der Waals surface area contributed by atoms with Crippen molar-refractivity contribution in [3.63, 3.8) is 0 Å². The van der Waals surface area contributed by atoms with Crippen LogP contribution in [0.4, 0.5) is 0 Å². The van der Waals surface area contributed by atoms with Crippen molar-refractivity contribution in [1.82, 2.24) is 0 Å². The molecule has 40 heavy (non-hydrogen) atoms. The highest BCUT2D eigenvalue weighted by Gasteiger charge is 2.33. The van der Waals surface area contributed by atoms with Crippen LogP contribution >= 0.6 is 0 Å². The van der Waals surface area contributed by atoms with Gasteiger partial charge in [0.05, 0.1) is 24.5 Å². The van der Waals surface area contributed by atoms with Crippen molar-refractivity contribution in [2.24, 2.45) is 10.8 Å². The van der Waals surface area contributed by atoms with Gasteiger partial charge in [-0.15, -0.1) is 0 Å². The van der Waals surface area contributed by atoms with E-state index < -0.39 is 16.8 Å². The molecule has 0 saturated heterocycles. The third kappa shape index (κ3) is 7.96. The maximum atomic E-state index is 13.1. The van der Waals surface area contributed by atoms with Crippen LogP contribution in [0.25, 0.3) is 6.08 Å². The van der Waals surface area contributed by atoms with E-state index in [1.165, 1.54) is 13.2 Å². The molecule has 0 saturated carbocycles. The van der Waals surface area contributed by atoms with Crippen LogP contribution < -0.4 is 18.9 Å². The molecule has 0 fully saturated rings. The Hall–Kier alpha value is -3.61. The average molecular weight is 553 g/mol. The minimum Gasteiger partial charge on any atom is -0.490 e. The number of hydrogen-bond donors (Lipinski definition) is 0. The summed E-state index contributed by atoms with van der Waals surface area (Å²) >= 11 is 0. The molecule has 0 aliphatic rings. The van der Waals surface area contributed by atoms with Gasteiger partial charge in [0, 0.05) is 16.7 Å². The van der Waals surface area contributed by atoms with Gasteiger partial charge in [0.15, 0.2) is 17.3 Å². The first-order valence-electron chi connectivity index (χ1n) is 13.6. The summed E-state index contributed by atoms with van der Waals surface area (Å²) in [5.41, 5.74) is 0.0815. The van der Waals surface area contributed by atoms with Crippen LogP contribution in [0.15, 0.2) is 36.4 Å². The standard InChI is InChI=1S/C33H44O7/c1-12-33(9,10)24-20-22(26(38-13-2)28(37-11)27(24)40-30(36)32(6,7)8)16-19-25(34)21-14-17-23(18-15-21)39-29(35)31(3,4)5/h14-20H,12-13H2,1-11H3. The lowest BCUT2D eigenvalue weighted by atomic mass is 9.80. The molecule has 0 aliphatic carbocycles. The molecule has 2 rings (SSSR count). The molecule has 0 radical (unpaired) electrons. The van der Waals surface area contributed by atoms with Gasteiger partial charge < -0.3 is 18.9 Å². The minimum absolute atomic E-state index is 0.241. The second-order valence-corrected chi connectivity index (χ2v) is 12.4. The second-order valence-electron chi connectivity index (χ2n) is 12.4. The van der Waals surface area contributed by atoms with Crippen LogP contribution in [0.1, 0.15) is 97.1 Å². The van der Waals surface area contributed by atoms with Gasteiger partial charge in [-0.1, -0.05) is 20.8 Å². The fourth-order valence-corrected chi connectivity index (χ4v) is 3.49. The molecule has 0 aromatic heterocycles. The second kappa shape index (κ2) is 12.7. The van der Waals surface area contributed by atoms with Gasteiger partial charge in [-0.3, -0.25) is 14.4 Å². The summed E-state index contributed by atoms with van der Waals surface area (Å²) in [5.74, 6) is 0.385. The van der Waals surface area contributed by atoms with Crippen LogP contribution in [-0.4, -0.2) is 31.4 Å². The van der Waals surface area contributed by atoms with Gasteiger partial charge in [-0.25, -0.2) is 0 Å². The number of methoxy groups -OCH3 is 1. The number of carbonyl (C=O) groups is 3. The quantitative estimate of drug-likeness (QED) is 0.130. The maximum Gasteiger partial charge on any atom is 0.316 e. The molecule has 218 valence electrons. The first-order chi connectivity index (χ1) is 18.5. The predicted octanol–water partition coefficient (Wildman–Crippen LogP) is 7.58. The first kappa shape index (κ1) is 32.6. The molecule has 2 aromatic carbocycles. The van der Waals surface area contributed by atoms with Crippen molar-refractivity contribution in [2.45, 2.75) is 81.1 Å². The van der Waals surface area contributed by atoms with Crippen LogP contribution in [0.2, 0.25) is 0 Å². The van der Waals surface area contributed by atoms with Crippen molar-refractivity contribution in [2.75, 3.05) is 13.7 Å². The number of ketones is 1. The number of esters is 2. The zero-order valence-electron chi connectivity index (χ0n) is 25.8. The van der Waals surface area contributed by atoms with Crippen LogP contribution in [-0.2, 0) is 15.0 Å². The lowest BCUT2D eigenvalue weighted by molar-refractivity contribution is -0.143. The highest BCUT2D eigenvalue weighted by atomic mass is 16.6. The molecule has 0 aliphatic heterocycles. The Labute approximate surface area is 238 Å². The Morgan fingerprint density at radius 3 is 1.80 bits per heavy atom. The molecule has 2 aromatic rings. The van der Waals surface area contributed by atoms with Crippen molar-refractivity contribution in [1.29, 1.82) is 0 Å². The molecule has 0 bridgehead atoms. The number of rotatable bonds is 10. The molecule has 0 unspecified atom stereocenters. The summed E-state index contributed by atoms with van der Waals surface area (Å²) in [4.78, 5) is 38.1. The fourth-order valence-electron chi connectivity index (χ4n) is 3.49. The van der Waals surface area contributed by atoms with Crippen molar-refractivity contribution in [3.8, 4) is 23.0 Å². The van der Waals surface area contributed by atoms with Crippen LogP contribution in [0, 0.1) is 10.8 Å². The molecular formula is C33H44O7. The van der Waals surface area contributed by atoms with E-state index >= 15 is 0 Å². The molecule has 0 amide bonds. The summed E-state index contributed by atoms with van der Waals surface area (Å²) in [6, 6.07) is 8.31. The molecule has 0 spiro atoms. The smallest absolute Gasteiger partial charge is 0.316 e. The Morgan fingerprint density at radius 1 is 0.775 bits per heavy atom. The predicted molar refractivity (Wildman–Crippen MR) is 157 cm³/mol. The number of hydrogen-bond acceptors (Lipinski definition) is 7. The number of ether oxygens (including phenoxy) is 4. The lowest BCUT2D eigenvalue weighted by Crippen LogP contribution is -2.28. The zero-order valence-corrected chi connectivity index (χ0v) is 25.8. The van der Waals surface area contributed by atoms with Gasteiger partial charge in [0.1, 0.15) is 5.75 Å². The van der Waals surface area contributed by atoms with Crippen LogP contribution in [0.5, 0.6) is 23.0 Å². The molecular weight excluding hydrogens is 508 g/mol. The third-order valence-corrected chi connectivity index (χ3v) is 6.51. The largest absolute Gasteiger partial charge is 0.490 e. The topological polar surface area (TPSA) is 88.1 Å². The number of benzene rings is 2. The molecule has 0 heterocycles. The molecule has 0 N–H and O–H groups in total. The van der Waals surface area contributed by atoms with Gasteiger partial charge in [-0.05, 0) is 103 Å². The first-order valence-corrected chi connectivity index (χ1v) is 13.6. The highest BCUT2D eigenvalue weighted by Crippen LogP contribution is 2.48. The van der Waals surface area contributed by atoms with Crippen molar-refractivity contribution in [3.05, 3.63) is 53.1 Å². The van der Waals surface area contributed by atoms with E-state index in [4.69, 9.17) is 18.9 Å². The monoisotopic (exact) mass is 552 g/mol. The third-order valence-electron chi connectivity index (χ3n) is 6.51. The van der Waals surface area contributed by atoms with Crippen LogP contribution in [0.3, 0.4) is 0 Å². The molecule has 7 heteroatoms. The summed E-state index contributed by atoms with van der Waals surface area (Å²) in [6.45, 7) is 19.1. The van der Waals surface area contributed by atoms with E-state index in [9.17, 15) is 14.4 Å². The van der Waals surface area contributed by atoms with E-state index in [1.54, 1.807) is 71.9 Å². The van der Waals surface area contributed by atoms with E-state index in [-0.39, 0.29) is 17.2 Å². The van der Waals surface area contributed by atoms with E-state index in [0.29, 0.717) is 40.7 Å². The van der Waals surface area contributed by atoms with Gasteiger partial charge >= 0.3 is 11.9 Å². The Bertz CT molecular complexity index is 1250. The van der Waals surface area contributed by atoms with Crippen molar-refractivity contribution >= 4 is 23.8 Å². The molecule has 0 atom stereocenters. The minimum atomic E-state index is -0.726. The molecule has 7 nitrogen and oxygen atoms in total. The van der Waals surface area contributed by atoms with Gasteiger partial charge in [-0.2, -0.15) is 0 Å². The average Bonchev–Trinajstić information content (AvgIpc) is 2.87. The Kier molecular flexibility index (Phi) is 10.4. The fraction of sp³-hybridized carbons (Fsp3) is 0.485. The summed E-state index contributed by atoms with van der Waals surface area (Å²) in [5, 5.41) is 0. The summed E-state index contributed by atoms with van der Waals surface area (Å²) in [7, 11) is 1.50. The lowest BCUT2D eigenvalue weighted by Gasteiger charge is -2.29. The van der Waals surface area contributed by atoms with Gasteiger partial charge in [0.25, 0.3) is 0 Å². The Balaban J connectivity index is 2.55. The summed E-state index contributed by atoms with van der Waals surface area (Å²) in [6.07, 6.45) is 3.89. The Morgan fingerprint density at radius 2 is 1.32 bits per heavy atom. The number of carbonyl (C=O) groups excluding carboxylic acids is 3. The SMILES string of the molecule is CCOc1c(C=CC(=O)c2ccc(OC(=O)C(C)(C)C)cc2)cc(C(C)(C)CC)c(OC(=O)C(C)(C)C)c1OC. The van der Waals surface area contributed by atoms with Gasteiger partial charge in [0.2, 0.25) is 5.75 Å². The van der Waals surface area contributed by atoms with Crippen molar-refractivity contribution < 1.29 is 33.3 Å². The number of allylic oxidation sites excluding steroid dienone is 1. The normalized spacial score (nSPS) is 12.3. The highest BCUT2D eigenvalue weighted by molar-refractivity contribution is 6.07. The van der Waals surface area contributed by atoms with E-state index in [2.05, 4.69) is 20.8 Å². The maximum absolute atomic E-state index is 13.1. The van der Waals surface area contributed by atoms with E-state index in [1.807, 2.05) is 13.0 Å². The summed E-state index contributed by atoms with van der Waals surface area (Å²) < 4.78 is 23.1. The van der Waals surface area contributed by atoms with E-state index in [0.717, 1.165) is 12.0 Å². The zero-order chi connectivity index (χ0) is 30.5.